The first kappa shape index (κ1) is 17.7. The van der Waals surface area contributed by atoms with E-state index in [2.05, 4.69) is 18.7 Å². The van der Waals surface area contributed by atoms with Crippen LogP contribution in [0.25, 0.3) is 10.2 Å². The van der Waals surface area contributed by atoms with Crippen LogP contribution in [0.5, 0.6) is 0 Å². The summed E-state index contributed by atoms with van der Waals surface area (Å²) in [4.78, 5) is 19.8. The number of thioether (sulfide) groups is 1. The third kappa shape index (κ3) is 3.49. The number of hydrogen-bond acceptors (Lipinski definition) is 6. The van der Waals surface area contributed by atoms with Gasteiger partial charge in [0.2, 0.25) is 0 Å². The van der Waals surface area contributed by atoms with Crippen LogP contribution in [0.2, 0.25) is 0 Å². The van der Waals surface area contributed by atoms with Crippen LogP contribution in [-0.4, -0.2) is 15.3 Å². The average Bonchev–Trinajstić information content (AvgIpc) is 3.18. The fourth-order valence-corrected chi connectivity index (χ4v) is 5.43. The van der Waals surface area contributed by atoms with E-state index in [0.717, 1.165) is 29.5 Å². The topological polar surface area (TPSA) is 82.5 Å². The third-order valence-electron chi connectivity index (χ3n) is 4.30. The maximum Gasteiger partial charge on any atom is 0.263 e. The van der Waals surface area contributed by atoms with Crippen LogP contribution < -0.4 is 5.56 Å². The van der Waals surface area contributed by atoms with Gasteiger partial charge in [-0.25, -0.2) is 4.98 Å². The van der Waals surface area contributed by atoms with Crippen LogP contribution in [0.4, 0.5) is 0 Å². The van der Waals surface area contributed by atoms with E-state index in [1.165, 1.54) is 22.2 Å². The van der Waals surface area contributed by atoms with Gasteiger partial charge < -0.3 is 0 Å². The minimum Gasteiger partial charge on any atom is -0.283 e. The Labute approximate surface area is 154 Å². The lowest BCUT2D eigenvalue weighted by Crippen LogP contribution is -2.23. The number of fused-ring (bicyclic) bond motifs is 3. The summed E-state index contributed by atoms with van der Waals surface area (Å²) in [5.74, 6) is 0.306. The van der Waals surface area contributed by atoms with E-state index in [0.29, 0.717) is 30.3 Å². The van der Waals surface area contributed by atoms with Gasteiger partial charge in [-0.3, -0.25) is 9.36 Å². The van der Waals surface area contributed by atoms with E-state index < -0.39 is 0 Å². The second kappa shape index (κ2) is 7.86. The first-order chi connectivity index (χ1) is 12.2. The number of nitrogens with zero attached hydrogens (tertiary/aromatic N) is 4. The lowest BCUT2D eigenvalue weighted by molar-refractivity contribution is 0.660. The number of aromatic nitrogens is 2. The molecule has 128 valence electrons. The fraction of sp³-hybridized carbons (Fsp3) is 0.444. The molecular formula is C18H18N4OS2. The van der Waals surface area contributed by atoms with Crippen LogP contribution in [0.15, 0.2) is 22.6 Å². The van der Waals surface area contributed by atoms with Crippen LogP contribution in [0.3, 0.4) is 0 Å². The Bertz CT molecular complexity index is 945. The molecule has 0 spiro atoms. The van der Waals surface area contributed by atoms with E-state index in [9.17, 15) is 10.1 Å². The molecule has 0 saturated carbocycles. The standard InChI is InChI=1S/C18H18N4OS2/c1-2-9-22-17(23)15-13-6-3-7-14(13)25-16(15)21-18(22)24-11-12(10-20)5-4-8-19/h2,12H,1,3-7,9,11H2/t12-/m1/s1. The molecule has 0 N–H and O–H groups in total. The van der Waals surface area contributed by atoms with Crippen molar-refractivity contribution in [2.75, 3.05) is 5.75 Å². The highest BCUT2D eigenvalue weighted by atomic mass is 32.2. The predicted molar refractivity (Wildman–Crippen MR) is 101 cm³/mol. The Kier molecular flexibility index (Phi) is 5.57. The molecule has 0 amide bonds. The molecule has 0 fully saturated rings. The van der Waals surface area contributed by atoms with Crippen molar-refractivity contribution in [1.82, 2.24) is 9.55 Å². The summed E-state index contributed by atoms with van der Waals surface area (Å²) in [5.41, 5.74) is 1.17. The van der Waals surface area contributed by atoms with Gasteiger partial charge in [-0.2, -0.15) is 10.5 Å². The lowest BCUT2D eigenvalue weighted by atomic mass is 10.1. The molecule has 2 aromatic heterocycles. The number of hydrogen-bond donors (Lipinski definition) is 0. The third-order valence-corrected chi connectivity index (χ3v) is 6.63. The molecule has 0 aliphatic heterocycles. The van der Waals surface area contributed by atoms with Crippen LogP contribution in [0.1, 0.15) is 29.7 Å². The molecule has 1 atom stereocenters. The summed E-state index contributed by atoms with van der Waals surface area (Å²) in [5, 5.41) is 19.3. The summed E-state index contributed by atoms with van der Waals surface area (Å²) in [6.45, 7) is 4.15. The zero-order valence-corrected chi connectivity index (χ0v) is 15.5. The molecule has 0 saturated heterocycles. The summed E-state index contributed by atoms with van der Waals surface area (Å²) in [6.07, 6.45) is 5.70. The maximum absolute atomic E-state index is 13.0. The summed E-state index contributed by atoms with van der Waals surface area (Å²) < 4.78 is 1.66. The van der Waals surface area contributed by atoms with E-state index in [1.807, 2.05) is 0 Å². The molecule has 3 rings (SSSR count). The zero-order valence-electron chi connectivity index (χ0n) is 13.8. The lowest BCUT2D eigenvalue weighted by Gasteiger charge is -2.12. The molecule has 0 bridgehead atoms. The summed E-state index contributed by atoms with van der Waals surface area (Å²) in [7, 11) is 0. The number of allylic oxidation sites excluding steroid dienone is 1. The van der Waals surface area contributed by atoms with Gasteiger partial charge in [0.05, 0.1) is 23.4 Å². The Hall–Kier alpha value is -2.09. The normalized spacial score (nSPS) is 14.0. The first-order valence-corrected chi connectivity index (χ1v) is 10.0. The Balaban J connectivity index is 1.96. The Morgan fingerprint density at radius 3 is 3.00 bits per heavy atom. The highest BCUT2D eigenvalue weighted by molar-refractivity contribution is 7.99. The van der Waals surface area contributed by atoms with Crippen molar-refractivity contribution in [3.05, 3.63) is 33.4 Å². The molecule has 2 aromatic rings. The molecule has 1 aliphatic carbocycles. The monoisotopic (exact) mass is 370 g/mol. The van der Waals surface area contributed by atoms with Gasteiger partial charge >= 0.3 is 0 Å². The molecule has 25 heavy (non-hydrogen) atoms. The van der Waals surface area contributed by atoms with Gasteiger partial charge in [0.25, 0.3) is 5.56 Å². The van der Waals surface area contributed by atoms with Crippen molar-refractivity contribution in [3.63, 3.8) is 0 Å². The molecule has 7 heteroatoms. The molecule has 1 aliphatic rings. The summed E-state index contributed by atoms with van der Waals surface area (Å²) >= 11 is 3.04. The molecular weight excluding hydrogens is 352 g/mol. The average molecular weight is 371 g/mol. The van der Waals surface area contributed by atoms with Crippen molar-refractivity contribution in [2.24, 2.45) is 5.92 Å². The van der Waals surface area contributed by atoms with Gasteiger partial charge in [-0.1, -0.05) is 17.8 Å². The van der Waals surface area contributed by atoms with E-state index in [-0.39, 0.29) is 11.5 Å². The smallest absolute Gasteiger partial charge is 0.263 e. The fourth-order valence-electron chi connectivity index (χ4n) is 3.06. The number of nitriles is 2. The number of aryl methyl sites for hydroxylation is 2. The number of thiophene rings is 1. The molecule has 2 heterocycles. The second-order valence-corrected chi connectivity index (χ2v) is 8.04. The van der Waals surface area contributed by atoms with Gasteiger partial charge in [0.15, 0.2) is 5.16 Å². The molecule has 0 radical (unpaired) electrons. The quantitative estimate of drug-likeness (QED) is 0.422. The van der Waals surface area contributed by atoms with Crippen molar-refractivity contribution in [3.8, 4) is 12.1 Å². The van der Waals surface area contributed by atoms with Crippen molar-refractivity contribution in [1.29, 1.82) is 10.5 Å². The molecule has 0 aromatic carbocycles. The SMILES string of the molecule is C=CCn1c(SC[C@@H](C#N)CCC#N)nc2sc3c(c2c1=O)CCC3. The van der Waals surface area contributed by atoms with Gasteiger partial charge in [-0.15, -0.1) is 17.9 Å². The highest BCUT2D eigenvalue weighted by Crippen LogP contribution is 2.35. The van der Waals surface area contributed by atoms with Crippen LogP contribution in [0, 0.1) is 28.6 Å². The maximum atomic E-state index is 13.0. The van der Waals surface area contributed by atoms with E-state index >= 15 is 0 Å². The van der Waals surface area contributed by atoms with Gasteiger partial charge in [0.1, 0.15) is 4.83 Å². The minimum absolute atomic E-state index is 0.00247. The number of rotatable bonds is 7. The first-order valence-electron chi connectivity index (χ1n) is 8.25. The van der Waals surface area contributed by atoms with Crippen LogP contribution in [-0.2, 0) is 19.4 Å². The Morgan fingerprint density at radius 2 is 2.28 bits per heavy atom. The zero-order chi connectivity index (χ0) is 17.8. The van der Waals surface area contributed by atoms with Gasteiger partial charge in [0, 0.05) is 23.6 Å². The van der Waals surface area contributed by atoms with E-state index in [4.69, 9.17) is 10.2 Å². The highest BCUT2D eigenvalue weighted by Gasteiger charge is 2.23. The largest absolute Gasteiger partial charge is 0.283 e. The predicted octanol–water partition coefficient (Wildman–Crippen LogP) is 3.67. The Morgan fingerprint density at radius 1 is 1.44 bits per heavy atom. The van der Waals surface area contributed by atoms with Crippen molar-refractivity contribution in [2.45, 2.75) is 43.8 Å². The van der Waals surface area contributed by atoms with Gasteiger partial charge in [-0.05, 0) is 31.2 Å². The van der Waals surface area contributed by atoms with E-state index in [1.54, 1.807) is 22.0 Å². The van der Waals surface area contributed by atoms with Crippen molar-refractivity contribution < 1.29 is 0 Å². The summed E-state index contributed by atoms with van der Waals surface area (Å²) in [6, 6.07) is 4.31. The minimum atomic E-state index is -0.220. The molecule has 0 unspecified atom stereocenters. The van der Waals surface area contributed by atoms with Crippen LogP contribution >= 0.6 is 23.1 Å². The molecule has 5 nitrogen and oxygen atoms in total. The second-order valence-electron chi connectivity index (χ2n) is 5.97. The van der Waals surface area contributed by atoms with Crippen molar-refractivity contribution >= 4 is 33.3 Å².